The minimum Gasteiger partial charge on any atom is -0.352 e. The summed E-state index contributed by atoms with van der Waals surface area (Å²) in [6, 6.07) is 4.19. The summed E-state index contributed by atoms with van der Waals surface area (Å²) in [5, 5.41) is 6.18. The van der Waals surface area contributed by atoms with E-state index in [1.165, 1.54) is 0 Å². The summed E-state index contributed by atoms with van der Waals surface area (Å²) in [6.07, 6.45) is 5.32. The molecule has 1 aromatic rings. The van der Waals surface area contributed by atoms with E-state index < -0.39 is 0 Å². The van der Waals surface area contributed by atoms with Gasteiger partial charge < -0.3 is 10.6 Å². The lowest BCUT2D eigenvalue weighted by atomic mass is 10.1. The van der Waals surface area contributed by atoms with Crippen molar-refractivity contribution >= 4 is 5.91 Å². The number of amides is 1. The van der Waals surface area contributed by atoms with Crippen LogP contribution in [0.4, 0.5) is 0 Å². The third-order valence-electron chi connectivity index (χ3n) is 3.21. The summed E-state index contributed by atoms with van der Waals surface area (Å²) in [6.45, 7) is 7.14. The van der Waals surface area contributed by atoms with Gasteiger partial charge in [-0.3, -0.25) is 14.7 Å². The molecule has 0 spiro atoms. The number of rotatable bonds is 5. The molecule has 0 bridgehead atoms. The zero-order valence-corrected chi connectivity index (χ0v) is 11.0. The Bertz CT molecular complexity index is 421. The molecule has 1 fully saturated rings. The molecule has 0 aliphatic carbocycles. The molecule has 1 amide bonds. The Hall–Kier alpha value is -1.72. The fraction of sp³-hybridized carbons (Fsp3) is 0.429. The van der Waals surface area contributed by atoms with Gasteiger partial charge in [-0.1, -0.05) is 12.1 Å². The van der Waals surface area contributed by atoms with Crippen LogP contribution in [0.1, 0.15) is 11.6 Å². The van der Waals surface area contributed by atoms with E-state index in [0.29, 0.717) is 13.1 Å². The Morgan fingerprint density at radius 3 is 3.32 bits per heavy atom. The van der Waals surface area contributed by atoms with E-state index in [-0.39, 0.29) is 11.9 Å². The van der Waals surface area contributed by atoms with Crippen LogP contribution >= 0.6 is 0 Å². The van der Waals surface area contributed by atoms with Gasteiger partial charge >= 0.3 is 0 Å². The molecular formula is C14H20N4O. The van der Waals surface area contributed by atoms with Crippen molar-refractivity contribution in [3.05, 3.63) is 42.7 Å². The quantitative estimate of drug-likeness (QED) is 0.749. The number of aromatic nitrogens is 1. The molecule has 2 heterocycles. The fourth-order valence-corrected chi connectivity index (χ4v) is 2.26. The first-order valence-electron chi connectivity index (χ1n) is 6.53. The first-order chi connectivity index (χ1) is 9.31. The van der Waals surface area contributed by atoms with Crippen LogP contribution < -0.4 is 10.6 Å². The van der Waals surface area contributed by atoms with Gasteiger partial charge in [0.05, 0.1) is 6.54 Å². The van der Waals surface area contributed by atoms with Crippen LogP contribution in [-0.2, 0) is 4.79 Å². The molecule has 19 heavy (non-hydrogen) atoms. The van der Waals surface area contributed by atoms with E-state index in [1.807, 2.05) is 12.3 Å². The van der Waals surface area contributed by atoms with Crippen LogP contribution in [0.25, 0.3) is 0 Å². The number of hydrogen-bond acceptors (Lipinski definition) is 4. The van der Waals surface area contributed by atoms with E-state index in [9.17, 15) is 4.79 Å². The van der Waals surface area contributed by atoms with Crippen LogP contribution in [-0.4, -0.2) is 48.5 Å². The van der Waals surface area contributed by atoms with E-state index in [0.717, 1.165) is 25.2 Å². The highest BCUT2D eigenvalue weighted by molar-refractivity contribution is 5.78. The number of nitrogens with zero attached hydrogens (tertiary/aromatic N) is 2. The number of carbonyl (C=O) groups is 1. The van der Waals surface area contributed by atoms with Gasteiger partial charge in [0.15, 0.2) is 0 Å². The molecule has 0 radical (unpaired) electrons. The molecular weight excluding hydrogens is 240 g/mol. The number of nitrogens with one attached hydrogen (secondary N) is 2. The molecule has 1 aliphatic rings. The van der Waals surface area contributed by atoms with Crippen molar-refractivity contribution in [2.24, 2.45) is 0 Å². The van der Waals surface area contributed by atoms with Crippen molar-refractivity contribution in [1.29, 1.82) is 0 Å². The first kappa shape index (κ1) is 13.7. The number of pyridine rings is 1. The molecule has 0 aromatic carbocycles. The lowest BCUT2D eigenvalue weighted by Crippen LogP contribution is -2.49. The molecule has 5 nitrogen and oxygen atoms in total. The monoisotopic (exact) mass is 260 g/mol. The van der Waals surface area contributed by atoms with E-state index in [2.05, 4.69) is 33.2 Å². The Labute approximate surface area is 113 Å². The van der Waals surface area contributed by atoms with Gasteiger partial charge in [-0.15, -0.1) is 6.58 Å². The second-order valence-corrected chi connectivity index (χ2v) is 4.57. The smallest absolute Gasteiger partial charge is 0.234 e. The Kier molecular flexibility index (Phi) is 5.06. The van der Waals surface area contributed by atoms with Gasteiger partial charge in [0.1, 0.15) is 0 Å². The standard InChI is InChI=1S/C14H20N4O/c1-2-5-17-14(19)11-18-8-7-16-10-13(18)12-4-3-6-15-9-12/h2-4,6,9,13,16H,1,5,7-8,10-11H2,(H,17,19). The zero-order chi connectivity index (χ0) is 13.5. The number of carbonyl (C=O) groups excluding carboxylic acids is 1. The maximum atomic E-state index is 11.8. The zero-order valence-electron chi connectivity index (χ0n) is 11.0. The number of piperazine rings is 1. The van der Waals surface area contributed by atoms with Crippen molar-refractivity contribution in [1.82, 2.24) is 20.5 Å². The maximum Gasteiger partial charge on any atom is 0.234 e. The predicted molar refractivity (Wildman–Crippen MR) is 74.6 cm³/mol. The lowest BCUT2D eigenvalue weighted by molar-refractivity contribution is -0.122. The third kappa shape index (κ3) is 3.87. The minimum absolute atomic E-state index is 0.0377. The molecule has 1 unspecified atom stereocenters. The van der Waals surface area contributed by atoms with Crippen molar-refractivity contribution in [2.75, 3.05) is 32.7 Å². The van der Waals surface area contributed by atoms with E-state index in [4.69, 9.17) is 0 Å². The van der Waals surface area contributed by atoms with E-state index >= 15 is 0 Å². The van der Waals surface area contributed by atoms with Gasteiger partial charge in [0.25, 0.3) is 0 Å². The average Bonchev–Trinajstić information content (AvgIpc) is 2.46. The summed E-state index contributed by atoms with van der Waals surface area (Å²) in [7, 11) is 0. The SMILES string of the molecule is C=CCNC(=O)CN1CCNCC1c1cccnc1. The maximum absolute atomic E-state index is 11.8. The summed E-state index contributed by atoms with van der Waals surface area (Å²) in [5.74, 6) is 0.0377. The molecule has 2 rings (SSSR count). The van der Waals surface area contributed by atoms with Gasteiger partial charge in [-0.25, -0.2) is 0 Å². The van der Waals surface area contributed by atoms with Crippen LogP contribution in [0, 0.1) is 0 Å². The molecule has 102 valence electrons. The van der Waals surface area contributed by atoms with Crippen molar-refractivity contribution in [2.45, 2.75) is 6.04 Å². The largest absolute Gasteiger partial charge is 0.352 e. The predicted octanol–water partition coefficient (Wildman–Crippen LogP) is 0.330. The highest BCUT2D eigenvalue weighted by Crippen LogP contribution is 2.20. The van der Waals surface area contributed by atoms with Crippen molar-refractivity contribution in [3.63, 3.8) is 0 Å². The van der Waals surface area contributed by atoms with Gasteiger partial charge in [0.2, 0.25) is 5.91 Å². The normalized spacial score (nSPS) is 19.9. The van der Waals surface area contributed by atoms with Crippen LogP contribution in [0.2, 0.25) is 0 Å². The average molecular weight is 260 g/mol. The molecule has 1 saturated heterocycles. The van der Waals surface area contributed by atoms with Crippen molar-refractivity contribution < 1.29 is 4.79 Å². The van der Waals surface area contributed by atoms with Gasteiger partial charge in [0, 0.05) is 44.6 Å². The van der Waals surface area contributed by atoms with Crippen LogP contribution in [0.15, 0.2) is 37.2 Å². The topological polar surface area (TPSA) is 57.3 Å². The van der Waals surface area contributed by atoms with Crippen LogP contribution in [0.3, 0.4) is 0 Å². The fourth-order valence-electron chi connectivity index (χ4n) is 2.26. The minimum atomic E-state index is 0.0377. The Morgan fingerprint density at radius 1 is 1.68 bits per heavy atom. The number of hydrogen-bond donors (Lipinski definition) is 2. The molecule has 2 N–H and O–H groups in total. The lowest BCUT2D eigenvalue weighted by Gasteiger charge is -2.35. The Morgan fingerprint density at radius 2 is 2.58 bits per heavy atom. The van der Waals surface area contributed by atoms with Gasteiger partial charge in [-0.05, 0) is 11.6 Å². The first-order valence-corrected chi connectivity index (χ1v) is 6.53. The highest BCUT2D eigenvalue weighted by atomic mass is 16.2. The third-order valence-corrected chi connectivity index (χ3v) is 3.21. The van der Waals surface area contributed by atoms with Gasteiger partial charge in [-0.2, -0.15) is 0 Å². The second kappa shape index (κ2) is 7.01. The molecule has 1 atom stereocenters. The molecule has 0 saturated carbocycles. The summed E-state index contributed by atoms with van der Waals surface area (Å²) in [4.78, 5) is 18.2. The summed E-state index contributed by atoms with van der Waals surface area (Å²) < 4.78 is 0. The van der Waals surface area contributed by atoms with E-state index in [1.54, 1.807) is 12.3 Å². The molecule has 5 heteroatoms. The summed E-state index contributed by atoms with van der Waals surface area (Å²) >= 11 is 0. The second-order valence-electron chi connectivity index (χ2n) is 4.57. The van der Waals surface area contributed by atoms with Crippen LogP contribution in [0.5, 0.6) is 0 Å². The Balaban J connectivity index is 2.00. The van der Waals surface area contributed by atoms with Crippen molar-refractivity contribution in [3.8, 4) is 0 Å². The summed E-state index contributed by atoms with van der Waals surface area (Å²) in [5.41, 5.74) is 1.14. The molecule has 1 aliphatic heterocycles. The highest BCUT2D eigenvalue weighted by Gasteiger charge is 2.25. The molecule has 1 aromatic heterocycles.